The zero-order valence-corrected chi connectivity index (χ0v) is 21.7. The highest BCUT2D eigenvalue weighted by atomic mass is 32.2. The minimum Gasteiger partial charge on any atom is -0.497 e. The Kier molecular flexibility index (Phi) is 5.32. The minimum absolute atomic E-state index is 0.572. The third-order valence-electron chi connectivity index (χ3n) is 7.09. The van der Waals surface area contributed by atoms with Crippen molar-refractivity contribution in [3.8, 4) is 11.5 Å². The Hall–Kier alpha value is -3.10. The number of aliphatic imine (C=N–C) groups is 2. The van der Waals surface area contributed by atoms with Crippen LogP contribution in [0.3, 0.4) is 0 Å². The van der Waals surface area contributed by atoms with E-state index in [9.17, 15) is 8.78 Å². The quantitative estimate of drug-likeness (QED) is 0.479. The molecule has 2 heterocycles. The summed E-state index contributed by atoms with van der Waals surface area (Å²) in [4.78, 5) is 10.0. The van der Waals surface area contributed by atoms with Crippen molar-refractivity contribution in [1.82, 2.24) is 0 Å². The zero-order chi connectivity index (χ0) is 25.2. The van der Waals surface area contributed by atoms with E-state index in [-0.39, 0.29) is 0 Å². The number of thioether (sulfide) groups is 2. The molecule has 0 saturated carbocycles. The van der Waals surface area contributed by atoms with Crippen LogP contribution in [-0.2, 0) is 0 Å². The molecule has 0 fully saturated rings. The Bertz CT molecular complexity index is 1480. The van der Waals surface area contributed by atoms with Gasteiger partial charge in [-0.05, 0) is 74.5 Å². The summed E-state index contributed by atoms with van der Waals surface area (Å²) >= 11 is 3.27. The fraction of sp³-hybridized carbons (Fsp3) is 0.214. The summed E-state index contributed by atoms with van der Waals surface area (Å²) in [5.74, 6) is -0.271. The summed E-state index contributed by atoms with van der Waals surface area (Å²) in [6.45, 7) is 4.24. The highest BCUT2D eigenvalue weighted by Crippen LogP contribution is 2.61. The maximum absolute atomic E-state index is 14.5. The fourth-order valence-corrected chi connectivity index (χ4v) is 7.77. The Morgan fingerprint density at radius 2 is 1.00 bits per heavy atom. The van der Waals surface area contributed by atoms with Crippen LogP contribution in [-0.4, -0.2) is 33.8 Å². The number of methoxy groups -OCH3 is 2. The Morgan fingerprint density at radius 3 is 1.33 bits per heavy atom. The van der Waals surface area contributed by atoms with Gasteiger partial charge in [-0.15, -0.1) is 0 Å². The van der Waals surface area contributed by atoms with Gasteiger partial charge in [0.25, 0.3) is 0 Å². The number of nitrogens with zero attached hydrogens (tertiary/aromatic N) is 2. The smallest absolute Gasteiger partial charge is 0.159 e. The van der Waals surface area contributed by atoms with Gasteiger partial charge >= 0.3 is 0 Å². The van der Waals surface area contributed by atoms with Crippen molar-refractivity contribution in [2.75, 3.05) is 14.2 Å². The summed E-state index contributed by atoms with van der Waals surface area (Å²) in [6, 6.07) is 18.0. The molecule has 4 nitrogen and oxygen atoms in total. The second-order valence-electron chi connectivity index (χ2n) is 9.07. The molecule has 0 saturated heterocycles. The minimum atomic E-state index is -0.893. The molecule has 0 N–H and O–H groups in total. The maximum atomic E-state index is 14.5. The van der Waals surface area contributed by atoms with Crippen LogP contribution < -0.4 is 19.9 Å². The highest BCUT2D eigenvalue weighted by molar-refractivity contribution is 8.20. The first kappa shape index (κ1) is 23.3. The monoisotopic (exact) mass is 520 g/mol. The first-order valence-electron chi connectivity index (χ1n) is 11.4. The van der Waals surface area contributed by atoms with Gasteiger partial charge in [-0.25, -0.2) is 18.8 Å². The molecule has 3 aromatic carbocycles. The van der Waals surface area contributed by atoms with Crippen LogP contribution in [0.15, 0.2) is 70.6 Å². The largest absolute Gasteiger partial charge is 0.497 e. The van der Waals surface area contributed by atoms with Gasteiger partial charge in [0.1, 0.15) is 21.6 Å². The molecule has 2 unspecified atom stereocenters. The normalized spacial score (nSPS) is 24.1. The van der Waals surface area contributed by atoms with Crippen LogP contribution in [0.2, 0.25) is 0 Å². The van der Waals surface area contributed by atoms with Gasteiger partial charge in [0, 0.05) is 21.6 Å². The standard InChI is InChI=1S/C28H22F2N2O2S2/c1-27-23(31-25(35-27)15-5-9-17(33-3)10-6-15)19-13-21(29)22(30)14-20(19)24-28(27,2)36-26(32-24)16-7-11-18(34-4)12-8-16/h5-14H,1-4H3. The molecular formula is C28H22F2N2O2S2. The fourth-order valence-electron chi connectivity index (χ4n) is 4.88. The molecule has 3 aromatic rings. The summed E-state index contributed by atoms with van der Waals surface area (Å²) in [5, 5.41) is 2.82. The van der Waals surface area contributed by atoms with Gasteiger partial charge < -0.3 is 9.47 Å². The topological polar surface area (TPSA) is 43.2 Å². The van der Waals surface area contributed by atoms with Gasteiger partial charge in [-0.2, -0.15) is 0 Å². The van der Waals surface area contributed by atoms with E-state index in [1.165, 1.54) is 12.1 Å². The van der Waals surface area contributed by atoms with E-state index in [1.54, 1.807) is 37.7 Å². The number of halogens is 2. The summed E-state index contributed by atoms with van der Waals surface area (Å²) < 4.78 is 38.5. The van der Waals surface area contributed by atoms with Crippen molar-refractivity contribution in [1.29, 1.82) is 0 Å². The average Bonchev–Trinajstić information content (AvgIpc) is 3.45. The molecule has 8 heteroatoms. The van der Waals surface area contributed by atoms with Gasteiger partial charge in [0.2, 0.25) is 0 Å². The van der Waals surface area contributed by atoms with Crippen molar-refractivity contribution in [2.45, 2.75) is 23.3 Å². The van der Waals surface area contributed by atoms with Crippen molar-refractivity contribution in [3.63, 3.8) is 0 Å². The molecule has 2 aliphatic heterocycles. The SMILES string of the molecule is COc1ccc(C2=NC3=c4cc(F)c(F)cc4=C4N=C(c5ccc(OC)cc5)SC4(C)C3(C)S2)cc1. The molecule has 0 spiro atoms. The second-order valence-corrected chi connectivity index (χ2v) is 11.9. The summed E-state index contributed by atoms with van der Waals surface area (Å²) in [6.07, 6.45) is 0. The Balaban J connectivity index is 1.58. The molecule has 0 amide bonds. The van der Waals surface area contributed by atoms with Crippen molar-refractivity contribution in [2.24, 2.45) is 9.98 Å². The number of rotatable bonds is 4. The number of hydrogen-bond donors (Lipinski definition) is 0. The highest BCUT2D eigenvalue weighted by Gasteiger charge is 2.59. The number of fused-ring (bicyclic) bond motifs is 4. The van der Waals surface area contributed by atoms with E-state index in [4.69, 9.17) is 19.5 Å². The van der Waals surface area contributed by atoms with Crippen LogP contribution >= 0.6 is 23.5 Å². The summed E-state index contributed by atoms with van der Waals surface area (Å²) in [5.41, 5.74) is 3.35. The van der Waals surface area contributed by atoms with Crippen LogP contribution in [0.1, 0.15) is 25.0 Å². The molecule has 1 aliphatic carbocycles. The lowest BCUT2D eigenvalue weighted by Crippen LogP contribution is -2.53. The molecule has 0 aromatic heterocycles. The predicted molar refractivity (Wildman–Crippen MR) is 143 cm³/mol. The van der Waals surface area contributed by atoms with Crippen LogP contribution in [0.25, 0.3) is 11.4 Å². The van der Waals surface area contributed by atoms with Crippen molar-refractivity contribution >= 4 is 45.0 Å². The van der Waals surface area contributed by atoms with Crippen molar-refractivity contribution < 1.29 is 18.3 Å². The van der Waals surface area contributed by atoms with Gasteiger partial charge in [-0.1, -0.05) is 23.5 Å². The number of hydrogen-bond acceptors (Lipinski definition) is 6. The lowest BCUT2D eigenvalue weighted by Gasteiger charge is -2.42. The van der Waals surface area contributed by atoms with E-state index in [0.29, 0.717) is 10.4 Å². The Morgan fingerprint density at radius 1 is 0.639 bits per heavy atom. The molecule has 6 rings (SSSR count). The van der Waals surface area contributed by atoms with Crippen LogP contribution in [0.4, 0.5) is 8.78 Å². The van der Waals surface area contributed by atoms with E-state index in [1.807, 2.05) is 48.5 Å². The van der Waals surface area contributed by atoms with Gasteiger partial charge in [0.05, 0.1) is 35.1 Å². The average molecular weight is 521 g/mol. The number of ether oxygens (including phenoxy) is 2. The molecular weight excluding hydrogens is 498 g/mol. The molecule has 3 aliphatic rings. The summed E-state index contributed by atoms with van der Waals surface area (Å²) in [7, 11) is 3.26. The molecule has 0 bridgehead atoms. The predicted octanol–water partition coefficient (Wildman–Crippen LogP) is 5.12. The van der Waals surface area contributed by atoms with Gasteiger partial charge in [0.15, 0.2) is 11.6 Å². The second kappa shape index (κ2) is 8.21. The van der Waals surface area contributed by atoms with Gasteiger partial charge in [-0.3, -0.25) is 0 Å². The zero-order valence-electron chi connectivity index (χ0n) is 20.1. The van der Waals surface area contributed by atoms with E-state index in [0.717, 1.165) is 44.1 Å². The lowest BCUT2D eigenvalue weighted by molar-refractivity contribution is 0.414. The molecule has 182 valence electrons. The third kappa shape index (κ3) is 3.27. The Labute approximate surface area is 215 Å². The first-order valence-corrected chi connectivity index (χ1v) is 13.0. The van der Waals surface area contributed by atoms with Crippen LogP contribution in [0.5, 0.6) is 11.5 Å². The van der Waals surface area contributed by atoms with E-state index < -0.39 is 21.1 Å². The molecule has 2 atom stereocenters. The third-order valence-corrected chi connectivity index (χ3v) is 10.3. The molecule has 36 heavy (non-hydrogen) atoms. The van der Waals surface area contributed by atoms with E-state index >= 15 is 0 Å². The van der Waals surface area contributed by atoms with E-state index in [2.05, 4.69) is 13.8 Å². The lowest BCUT2D eigenvalue weighted by atomic mass is 9.82. The number of benzene rings is 3. The van der Waals surface area contributed by atoms with Crippen LogP contribution in [0, 0.1) is 11.6 Å². The molecule has 0 radical (unpaired) electrons. The maximum Gasteiger partial charge on any atom is 0.159 e. The first-order chi connectivity index (χ1) is 17.3. The van der Waals surface area contributed by atoms with Crippen molar-refractivity contribution in [3.05, 3.63) is 93.9 Å².